The number of pyridine rings is 1. The topological polar surface area (TPSA) is 127 Å². The number of aromatic nitrogens is 1. The number of nitrogens with one attached hydrogen (secondary N) is 1. The molecule has 0 unspecified atom stereocenters. The van der Waals surface area contributed by atoms with Gasteiger partial charge in [-0.05, 0) is 49.9 Å². The van der Waals surface area contributed by atoms with Gasteiger partial charge in [-0.25, -0.2) is 0 Å². The molecule has 13 heteroatoms. The summed E-state index contributed by atoms with van der Waals surface area (Å²) in [6.07, 6.45) is 5.81. The van der Waals surface area contributed by atoms with Crippen LogP contribution in [0.4, 0.5) is 11.4 Å². The van der Waals surface area contributed by atoms with Crippen LogP contribution in [0, 0.1) is 0 Å². The van der Waals surface area contributed by atoms with Gasteiger partial charge in [0.1, 0.15) is 17.1 Å². The van der Waals surface area contributed by atoms with Crippen molar-refractivity contribution in [2.75, 3.05) is 37.1 Å². The van der Waals surface area contributed by atoms with Gasteiger partial charge in [-0.15, -0.1) is 0 Å². The molecule has 1 aromatic heterocycles. The maximum absolute atomic E-state index is 13.9. The fourth-order valence-electron chi connectivity index (χ4n) is 5.38. The number of hydrogen-bond acceptors (Lipinski definition) is 9. The lowest BCUT2D eigenvalue weighted by atomic mass is 10.0. The van der Waals surface area contributed by atoms with E-state index in [2.05, 4.69) is 15.2 Å². The Bertz CT molecular complexity index is 1610. The first kappa shape index (κ1) is 33.0. The molecule has 0 saturated heterocycles. The zero-order valence-electron chi connectivity index (χ0n) is 25.5. The smallest absolute Gasteiger partial charge is 0.305 e. The SMILES string of the molecule is COC(=O)CCC(CCC(=O)OC)NC(=O)c1cc(Cl)c(Oc2ccncc2C(=O)N2CCN(C3CC3)c3ccccc32)cc1Cl. The first-order valence-electron chi connectivity index (χ1n) is 14.9. The van der Waals surface area contributed by atoms with Crippen molar-refractivity contribution in [1.29, 1.82) is 0 Å². The molecular weight excluding hydrogens is 635 g/mol. The number of nitrogens with zero attached hydrogens (tertiary/aromatic N) is 3. The average molecular weight is 670 g/mol. The number of amides is 2. The van der Waals surface area contributed by atoms with E-state index in [0.29, 0.717) is 12.6 Å². The number of anilines is 2. The maximum atomic E-state index is 13.9. The van der Waals surface area contributed by atoms with Gasteiger partial charge in [0.15, 0.2) is 0 Å². The number of rotatable bonds is 12. The summed E-state index contributed by atoms with van der Waals surface area (Å²) in [4.78, 5) is 58.8. The molecule has 1 fully saturated rings. The second-order valence-corrected chi connectivity index (χ2v) is 11.8. The van der Waals surface area contributed by atoms with Gasteiger partial charge in [0.2, 0.25) is 0 Å². The molecular formula is C33H34Cl2N4O7. The van der Waals surface area contributed by atoms with E-state index in [1.165, 1.54) is 38.7 Å². The summed E-state index contributed by atoms with van der Waals surface area (Å²) in [6, 6.07) is 12.2. The lowest BCUT2D eigenvalue weighted by Crippen LogP contribution is -2.45. The van der Waals surface area contributed by atoms with Gasteiger partial charge >= 0.3 is 11.9 Å². The van der Waals surface area contributed by atoms with Crippen LogP contribution in [0.5, 0.6) is 11.5 Å². The Labute approximate surface area is 276 Å². The Balaban J connectivity index is 1.33. The molecule has 2 heterocycles. The van der Waals surface area contributed by atoms with Gasteiger partial charge in [0.25, 0.3) is 11.8 Å². The number of esters is 2. The summed E-state index contributed by atoms with van der Waals surface area (Å²) >= 11 is 13.1. The van der Waals surface area contributed by atoms with Gasteiger partial charge in [0.05, 0.1) is 41.2 Å². The van der Waals surface area contributed by atoms with Gasteiger partial charge in [0, 0.05) is 56.5 Å². The van der Waals surface area contributed by atoms with Gasteiger partial charge in [-0.2, -0.15) is 0 Å². The van der Waals surface area contributed by atoms with Crippen molar-refractivity contribution in [3.8, 4) is 11.5 Å². The fourth-order valence-corrected chi connectivity index (χ4v) is 5.82. The summed E-state index contributed by atoms with van der Waals surface area (Å²) in [5, 5.41) is 2.93. The van der Waals surface area contributed by atoms with Crippen molar-refractivity contribution in [1.82, 2.24) is 10.3 Å². The quantitative estimate of drug-likeness (QED) is 0.238. The minimum absolute atomic E-state index is 0.0403. The predicted molar refractivity (Wildman–Crippen MR) is 173 cm³/mol. The molecule has 1 aliphatic heterocycles. The van der Waals surface area contributed by atoms with Gasteiger partial charge in [-0.1, -0.05) is 35.3 Å². The molecule has 0 atom stereocenters. The molecule has 242 valence electrons. The number of hydrogen-bond donors (Lipinski definition) is 1. The third kappa shape index (κ3) is 7.71. The van der Waals surface area contributed by atoms with Crippen LogP contribution in [-0.4, -0.2) is 68.1 Å². The third-order valence-corrected chi connectivity index (χ3v) is 8.57. The summed E-state index contributed by atoms with van der Waals surface area (Å²) in [5.74, 6) is -1.35. The van der Waals surface area contributed by atoms with E-state index in [1.807, 2.05) is 24.3 Å². The minimum atomic E-state index is -0.554. The summed E-state index contributed by atoms with van der Waals surface area (Å²) < 4.78 is 15.5. The lowest BCUT2D eigenvalue weighted by Gasteiger charge is -2.38. The molecule has 11 nitrogen and oxygen atoms in total. The predicted octanol–water partition coefficient (Wildman–Crippen LogP) is 5.81. The second-order valence-electron chi connectivity index (χ2n) is 11.0. The Kier molecular flexibility index (Phi) is 10.6. The minimum Gasteiger partial charge on any atom is -0.469 e. The molecule has 0 bridgehead atoms. The van der Waals surface area contributed by atoms with Crippen LogP contribution in [0.15, 0.2) is 54.9 Å². The highest BCUT2D eigenvalue weighted by molar-refractivity contribution is 6.36. The van der Waals surface area contributed by atoms with Gasteiger partial charge in [-0.3, -0.25) is 24.2 Å². The molecule has 0 radical (unpaired) electrons. The number of carbonyl (C=O) groups is 4. The lowest BCUT2D eigenvalue weighted by molar-refractivity contribution is -0.141. The van der Waals surface area contributed by atoms with Gasteiger partial charge < -0.3 is 29.3 Å². The van der Waals surface area contributed by atoms with E-state index in [1.54, 1.807) is 11.0 Å². The van der Waals surface area contributed by atoms with Crippen LogP contribution in [0.1, 0.15) is 59.2 Å². The highest BCUT2D eigenvalue weighted by Gasteiger charge is 2.36. The van der Waals surface area contributed by atoms with Crippen LogP contribution in [0.25, 0.3) is 0 Å². The largest absolute Gasteiger partial charge is 0.469 e. The standard InChI is InChI=1S/C33H34Cl2N4O7/c1-44-30(40)11-7-20(8-12-31(41)45-2)37-32(42)22-17-25(35)29(18-24(22)34)46-28-13-14-36-19-23(28)33(43)39-16-15-38(21-9-10-21)26-5-3-4-6-27(26)39/h3-6,13-14,17-21H,7-12,15-16H2,1-2H3,(H,37,42). The molecule has 1 saturated carbocycles. The van der Waals surface area contributed by atoms with E-state index in [-0.39, 0.29) is 64.3 Å². The monoisotopic (exact) mass is 668 g/mol. The number of halogens is 2. The Morgan fingerprint density at radius 1 is 0.891 bits per heavy atom. The second kappa shape index (κ2) is 14.8. The van der Waals surface area contributed by atoms with Crippen molar-refractivity contribution < 1.29 is 33.4 Å². The Hall–Kier alpha value is -4.35. The van der Waals surface area contributed by atoms with E-state index in [4.69, 9.17) is 37.4 Å². The van der Waals surface area contributed by atoms with E-state index < -0.39 is 23.9 Å². The number of para-hydroxylation sites is 2. The van der Waals surface area contributed by atoms with Crippen molar-refractivity contribution in [2.45, 2.75) is 50.6 Å². The number of fused-ring (bicyclic) bond motifs is 1. The fraction of sp³-hybridized carbons (Fsp3) is 0.364. The zero-order chi connectivity index (χ0) is 32.8. The highest BCUT2D eigenvalue weighted by atomic mass is 35.5. The zero-order valence-corrected chi connectivity index (χ0v) is 27.0. The molecule has 2 aromatic carbocycles. The number of ether oxygens (including phenoxy) is 3. The van der Waals surface area contributed by atoms with E-state index in [9.17, 15) is 19.2 Å². The summed E-state index contributed by atoms with van der Waals surface area (Å²) in [5.41, 5.74) is 2.16. The summed E-state index contributed by atoms with van der Waals surface area (Å²) in [7, 11) is 2.55. The maximum Gasteiger partial charge on any atom is 0.305 e. The molecule has 3 aromatic rings. The number of methoxy groups -OCH3 is 2. The highest BCUT2D eigenvalue weighted by Crippen LogP contribution is 2.41. The van der Waals surface area contributed by atoms with Crippen LogP contribution in [0.3, 0.4) is 0 Å². The molecule has 2 amide bonds. The number of benzene rings is 2. The van der Waals surface area contributed by atoms with Crippen LogP contribution in [-0.2, 0) is 19.1 Å². The first-order valence-corrected chi connectivity index (χ1v) is 15.7. The third-order valence-electron chi connectivity index (χ3n) is 7.96. The van der Waals surface area contributed by atoms with Crippen molar-refractivity contribution in [3.05, 3.63) is 76.0 Å². The van der Waals surface area contributed by atoms with Crippen molar-refractivity contribution in [2.24, 2.45) is 0 Å². The molecule has 1 aliphatic carbocycles. The number of carbonyl (C=O) groups excluding carboxylic acids is 4. The van der Waals surface area contributed by atoms with Crippen LogP contribution < -0.4 is 19.9 Å². The van der Waals surface area contributed by atoms with E-state index >= 15 is 0 Å². The molecule has 46 heavy (non-hydrogen) atoms. The molecule has 5 rings (SSSR count). The van der Waals surface area contributed by atoms with Crippen molar-refractivity contribution in [3.63, 3.8) is 0 Å². The average Bonchev–Trinajstić information content (AvgIpc) is 3.92. The normalized spacial score (nSPS) is 14.0. The van der Waals surface area contributed by atoms with Crippen LogP contribution >= 0.6 is 23.2 Å². The Morgan fingerprint density at radius 2 is 1.57 bits per heavy atom. The van der Waals surface area contributed by atoms with Crippen molar-refractivity contribution >= 4 is 58.3 Å². The van der Waals surface area contributed by atoms with Crippen LogP contribution in [0.2, 0.25) is 10.0 Å². The molecule has 1 N–H and O–H groups in total. The molecule has 0 spiro atoms. The molecule has 2 aliphatic rings. The first-order chi connectivity index (χ1) is 22.2. The van der Waals surface area contributed by atoms with E-state index in [0.717, 1.165) is 30.8 Å². The Morgan fingerprint density at radius 3 is 2.22 bits per heavy atom. The summed E-state index contributed by atoms with van der Waals surface area (Å²) in [6.45, 7) is 1.23.